The summed E-state index contributed by atoms with van der Waals surface area (Å²) in [6.07, 6.45) is 2.17. The van der Waals surface area contributed by atoms with Gasteiger partial charge in [0.1, 0.15) is 16.5 Å². The molecule has 184 valence electrons. The molecule has 1 aliphatic heterocycles. The summed E-state index contributed by atoms with van der Waals surface area (Å²) in [5, 5.41) is 10.2. The van der Waals surface area contributed by atoms with Gasteiger partial charge in [0.25, 0.3) is 15.9 Å². The average Bonchev–Trinajstić information content (AvgIpc) is 3.07. The predicted octanol–water partition coefficient (Wildman–Crippen LogP) is 3.31. The minimum absolute atomic E-state index is 0.0119. The minimum atomic E-state index is -4.32. The number of nitrogen functional groups attached to an aromatic ring is 1. The van der Waals surface area contributed by atoms with E-state index in [1.54, 1.807) is 0 Å². The summed E-state index contributed by atoms with van der Waals surface area (Å²) < 4.78 is 41.8. The summed E-state index contributed by atoms with van der Waals surface area (Å²) in [5.41, 5.74) is 5.69. The van der Waals surface area contributed by atoms with Crippen LogP contribution in [0.3, 0.4) is 0 Å². The molecule has 4 N–H and O–H groups in total. The normalized spacial score (nSPS) is 17.4. The SMILES string of the molecule is CC1CCN(c2nc(-c3cccc(F)c3O)ccc2C(=O)NS(=O)(=O)c2cccnc2N)C1(C)C. The number of amides is 1. The molecule has 0 aliphatic carbocycles. The molecular weight excluding hydrogens is 473 g/mol. The zero-order valence-corrected chi connectivity index (χ0v) is 20.3. The van der Waals surface area contributed by atoms with Crippen molar-refractivity contribution in [3.05, 3.63) is 60.0 Å². The average molecular weight is 500 g/mol. The van der Waals surface area contributed by atoms with Gasteiger partial charge in [-0.05, 0) is 62.6 Å². The number of phenols is 1. The molecule has 3 aromatic rings. The molecule has 3 heterocycles. The van der Waals surface area contributed by atoms with Crippen LogP contribution in [0.4, 0.5) is 16.0 Å². The number of pyridine rings is 2. The zero-order chi connectivity index (χ0) is 25.5. The van der Waals surface area contributed by atoms with E-state index in [4.69, 9.17) is 5.73 Å². The summed E-state index contributed by atoms with van der Waals surface area (Å²) >= 11 is 0. The highest BCUT2D eigenvalue weighted by Gasteiger charge is 2.41. The third kappa shape index (κ3) is 4.39. The molecule has 2 aromatic heterocycles. The number of nitrogens with zero attached hydrogens (tertiary/aromatic N) is 3. The second-order valence-electron chi connectivity index (χ2n) is 9.02. The largest absolute Gasteiger partial charge is 0.504 e. The lowest BCUT2D eigenvalue weighted by Gasteiger charge is -2.36. The summed E-state index contributed by atoms with van der Waals surface area (Å²) in [4.78, 5) is 23.2. The summed E-state index contributed by atoms with van der Waals surface area (Å²) in [6, 6.07) is 9.58. The molecule has 1 unspecified atom stereocenters. The zero-order valence-electron chi connectivity index (χ0n) is 19.5. The molecule has 1 saturated heterocycles. The topological polar surface area (TPSA) is 139 Å². The molecule has 0 bridgehead atoms. The number of phenolic OH excluding ortho intramolecular Hbond substituents is 1. The van der Waals surface area contributed by atoms with Crippen molar-refractivity contribution >= 4 is 27.6 Å². The number of para-hydroxylation sites is 1. The lowest BCUT2D eigenvalue weighted by Crippen LogP contribution is -2.43. The predicted molar refractivity (Wildman–Crippen MR) is 130 cm³/mol. The fraction of sp³-hybridized carbons (Fsp3) is 0.292. The number of carbonyl (C=O) groups excluding carboxylic acids is 1. The third-order valence-electron chi connectivity index (χ3n) is 6.64. The standard InChI is InChI=1S/C24H26FN5O4S/c1-14-11-13-30(24(14,2)3)22-16(9-10-18(28-22)15-6-4-7-17(25)20(15)31)23(32)29-35(33,34)19-8-5-12-27-21(19)26/h4-10,12,14,31H,11,13H2,1-3H3,(H2,26,27)(H,29,32). The molecule has 0 spiro atoms. The molecule has 4 rings (SSSR count). The second kappa shape index (κ2) is 8.81. The van der Waals surface area contributed by atoms with Gasteiger partial charge in [0, 0.05) is 23.8 Å². The van der Waals surface area contributed by atoms with Crippen LogP contribution >= 0.6 is 0 Å². The number of nitrogens with two attached hydrogens (primary N) is 1. The van der Waals surface area contributed by atoms with Crippen LogP contribution in [-0.4, -0.2) is 41.5 Å². The first-order chi connectivity index (χ1) is 16.4. The van der Waals surface area contributed by atoms with Crippen molar-refractivity contribution in [2.45, 2.75) is 37.6 Å². The first-order valence-corrected chi connectivity index (χ1v) is 12.5. The van der Waals surface area contributed by atoms with Crippen LogP contribution in [0.15, 0.2) is 53.6 Å². The number of rotatable bonds is 5. The number of anilines is 2. The van der Waals surface area contributed by atoms with Gasteiger partial charge in [0.2, 0.25) is 0 Å². The van der Waals surface area contributed by atoms with Gasteiger partial charge >= 0.3 is 0 Å². The number of nitrogens with one attached hydrogen (secondary N) is 1. The smallest absolute Gasteiger partial charge is 0.268 e. The lowest BCUT2D eigenvalue weighted by atomic mass is 9.90. The molecule has 1 aliphatic rings. The Morgan fingerprint density at radius 1 is 1.23 bits per heavy atom. The Kier molecular flexibility index (Phi) is 6.14. The molecule has 35 heavy (non-hydrogen) atoms. The summed E-state index contributed by atoms with van der Waals surface area (Å²) in [5.74, 6) is -2.02. The molecule has 1 aromatic carbocycles. The number of aromatic nitrogens is 2. The highest BCUT2D eigenvalue weighted by Crippen LogP contribution is 2.40. The van der Waals surface area contributed by atoms with Crippen molar-refractivity contribution in [1.29, 1.82) is 0 Å². The highest BCUT2D eigenvalue weighted by molar-refractivity contribution is 7.90. The molecule has 1 fully saturated rings. The number of benzene rings is 1. The maximum atomic E-state index is 14.0. The number of carbonyl (C=O) groups is 1. The van der Waals surface area contributed by atoms with Crippen LogP contribution in [0.2, 0.25) is 0 Å². The van der Waals surface area contributed by atoms with Gasteiger partial charge in [0.05, 0.1) is 11.3 Å². The number of halogens is 1. The number of hydrogen-bond acceptors (Lipinski definition) is 8. The number of sulfonamides is 1. The van der Waals surface area contributed by atoms with Crippen molar-refractivity contribution < 1.29 is 22.7 Å². The molecular formula is C24H26FN5O4S. The highest BCUT2D eigenvalue weighted by atomic mass is 32.2. The molecule has 0 saturated carbocycles. The Labute approximate surface area is 202 Å². The van der Waals surface area contributed by atoms with Crippen LogP contribution < -0.4 is 15.4 Å². The van der Waals surface area contributed by atoms with E-state index < -0.39 is 33.0 Å². The van der Waals surface area contributed by atoms with E-state index in [-0.39, 0.29) is 39.3 Å². The van der Waals surface area contributed by atoms with Crippen LogP contribution in [0.5, 0.6) is 5.75 Å². The van der Waals surface area contributed by atoms with Crippen LogP contribution in [-0.2, 0) is 10.0 Å². The van der Waals surface area contributed by atoms with Crippen molar-refractivity contribution in [2.75, 3.05) is 17.2 Å². The number of aromatic hydroxyl groups is 1. The van der Waals surface area contributed by atoms with Crippen LogP contribution in [0, 0.1) is 11.7 Å². The van der Waals surface area contributed by atoms with Gasteiger partial charge in [-0.2, -0.15) is 0 Å². The Balaban J connectivity index is 1.81. The molecule has 1 amide bonds. The Hall–Kier alpha value is -3.73. The maximum Gasteiger partial charge on any atom is 0.268 e. The Morgan fingerprint density at radius 3 is 2.63 bits per heavy atom. The second-order valence-corrected chi connectivity index (χ2v) is 10.7. The van der Waals surface area contributed by atoms with E-state index in [2.05, 4.69) is 16.9 Å². The van der Waals surface area contributed by atoms with Gasteiger partial charge in [0.15, 0.2) is 11.6 Å². The van der Waals surface area contributed by atoms with Gasteiger partial charge in [-0.15, -0.1) is 0 Å². The molecule has 1 atom stereocenters. The van der Waals surface area contributed by atoms with Crippen molar-refractivity contribution in [1.82, 2.24) is 14.7 Å². The van der Waals surface area contributed by atoms with Crippen LogP contribution in [0.25, 0.3) is 11.3 Å². The first kappa shape index (κ1) is 24.4. The van der Waals surface area contributed by atoms with E-state index >= 15 is 0 Å². The van der Waals surface area contributed by atoms with E-state index in [1.807, 2.05) is 23.5 Å². The van der Waals surface area contributed by atoms with Gasteiger partial charge in [-0.25, -0.2) is 27.5 Å². The van der Waals surface area contributed by atoms with Gasteiger partial charge in [-0.3, -0.25) is 4.79 Å². The quantitative estimate of drug-likeness (QED) is 0.486. The Morgan fingerprint density at radius 2 is 1.97 bits per heavy atom. The van der Waals surface area contributed by atoms with E-state index in [9.17, 15) is 22.7 Å². The van der Waals surface area contributed by atoms with Gasteiger partial charge in [-0.1, -0.05) is 13.0 Å². The van der Waals surface area contributed by atoms with Crippen molar-refractivity contribution in [3.8, 4) is 17.0 Å². The molecule has 11 heteroatoms. The Bertz CT molecular complexity index is 1410. The fourth-order valence-corrected chi connectivity index (χ4v) is 5.22. The first-order valence-electron chi connectivity index (χ1n) is 11.0. The number of hydrogen-bond donors (Lipinski definition) is 3. The van der Waals surface area contributed by atoms with E-state index in [0.29, 0.717) is 6.54 Å². The van der Waals surface area contributed by atoms with Crippen molar-refractivity contribution in [2.24, 2.45) is 5.92 Å². The molecule has 0 radical (unpaired) electrons. The van der Waals surface area contributed by atoms with E-state index in [0.717, 1.165) is 12.5 Å². The lowest BCUT2D eigenvalue weighted by molar-refractivity contribution is 0.0981. The monoisotopic (exact) mass is 499 g/mol. The summed E-state index contributed by atoms with van der Waals surface area (Å²) in [6.45, 7) is 6.67. The van der Waals surface area contributed by atoms with Crippen LogP contribution in [0.1, 0.15) is 37.6 Å². The van der Waals surface area contributed by atoms with E-state index in [1.165, 1.54) is 42.6 Å². The van der Waals surface area contributed by atoms with Gasteiger partial charge < -0.3 is 15.7 Å². The maximum absolute atomic E-state index is 14.0. The minimum Gasteiger partial charge on any atom is -0.504 e. The fourth-order valence-electron chi connectivity index (χ4n) is 4.17. The molecule has 9 nitrogen and oxygen atoms in total. The van der Waals surface area contributed by atoms with Crippen molar-refractivity contribution in [3.63, 3.8) is 0 Å². The summed E-state index contributed by atoms with van der Waals surface area (Å²) in [7, 11) is -4.32. The third-order valence-corrected chi connectivity index (χ3v) is 8.02.